The summed E-state index contributed by atoms with van der Waals surface area (Å²) >= 11 is 6.93. The minimum atomic E-state index is -0.435. The molecule has 0 radical (unpaired) electrons. The Kier molecular flexibility index (Phi) is 6.08. The van der Waals surface area contributed by atoms with Crippen molar-refractivity contribution in [1.82, 2.24) is 4.98 Å². The maximum atomic E-state index is 12.2. The number of ether oxygens (including phenoxy) is 2. The largest absolute Gasteiger partial charge is 0.480 e. The molecule has 8 heteroatoms. The van der Waals surface area contributed by atoms with Crippen LogP contribution in [-0.2, 0) is 9.53 Å². The van der Waals surface area contributed by atoms with Crippen LogP contribution in [0.4, 0.5) is 5.69 Å². The maximum absolute atomic E-state index is 12.2. The van der Waals surface area contributed by atoms with Crippen molar-refractivity contribution in [3.63, 3.8) is 0 Å². The van der Waals surface area contributed by atoms with Crippen LogP contribution in [0.2, 0.25) is 0 Å². The third-order valence-corrected chi connectivity index (χ3v) is 4.93. The van der Waals surface area contributed by atoms with Crippen molar-refractivity contribution in [2.45, 2.75) is 0 Å². The van der Waals surface area contributed by atoms with Crippen LogP contribution in [-0.4, -0.2) is 30.6 Å². The number of anilines is 1. The van der Waals surface area contributed by atoms with Gasteiger partial charge in [0.25, 0.3) is 5.91 Å². The number of halogens is 2. The van der Waals surface area contributed by atoms with Crippen molar-refractivity contribution in [3.8, 4) is 5.75 Å². The molecule has 1 amide bonds. The Hall–Kier alpha value is -2.45. The van der Waals surface area contributed by atoms with E-state index in [2.05, 4.69) is 46.9 Å². The van der Waals surface area contributed by atoms with E-state index in [9.17, 15) is 9.59 Å². The molecule has 3 rings (SSSR count). The van der Waals surface area contributed by atoms with Crippen LogP contribution in [0.25, 0.3) is 10.9 Å². The average molecular weight is 494 g/mol. The van der Waals surface area contributed by atoms with Gasteiger partial charge in [-0.25, -0.2) is 4.79 Å². The molecule has 0 aliphatic carbocycles. The van der Waals surface area contributed by atoms with Crippen molar-refractivity contribution < 1.29 is 19.1 Å². The highest BCUT2D eigenvalue weighted by molar-refractivity contribution is 9.11. The molecule has 0 aliphatic heterocycles. The van der Waals surface area contributed by atoms with Gasteiger partial charge in [-0.15, -0.1) is 0 Å². The van der Waals surface area contributed by atoms with E-state index in [4.69, 9.17) is 4.74 Å². The predicted octanol–water partition coefficient (Wildman–Crippen LogP) is 4.56. The first-order chi connectivity index (χ1) is 13.0. The minimum Gasteiger partial charge on any atom is -0.480 e. The minimum absolute atomic E-state index is 0.190. The lowest BCUT2D eigenvalue weighted by molar-refractivity contribution is -0.118. The average Bonchev–Trinajstić information content (AvgIpc) is 2.68. The van der Waals surface area contributed by atoms with Gasteiger partial charge in [0.05, 0.1) is 17.1 Å². The second-order valence-electron chi connectivity index (χ2n) is 5.47. The van der Waals surface area contributed by atoms with E-state index in [1.165, 1.54) is 7.11 Å². The summed E-state index contributed by atoms with van der Waals surface area (Å²) in [6.07, 6.45) is 1.66. The molecular formula is C19H14Br2N2O4. The second kappa shape index (κ2) is 8.49. The molecule has 1 N–H and O–H groups in total. The molecule has 27 heavy (non-hydrogen) atoms. The van der Waals surface area contributed by atoms with E-state index in [1.807, 2.05) is 18.2 Å². The smallest absolute Gasteiger partial charge is 0.337 e. The number of pyridine rings is 1. The number of carbonyl (C=O) groups is 2. The topological polar surface area (TPSA) is 77.5 Å². The Balaban J connectivity index is 1.69. The van der Waals surface area contributed by atoms with E-state index in [0.717, 1.165) is 9.86 Å². The molecule has 1 aromatic heterocycles. The van der Waals surface area contributed by atoms with E-state index in [1.54, 1.807) is 30.5 Å². The van der Waals surface area contributed by atoms with Crippen LogP contribution in [0.5, 0.6) is 5.75 Å². The second-order valence-corrected chi connectivity index (χ2v) is 7.18. The van der Waals surface area contributed by atoms with Crippen LogP contribution < -0.4 is 10.1 Å². The van der Waals surface area contributed by atoms with Crippen LogP contribution in [0.1, 0.15) is 10.4 Å². The van der Waals surface area contributed by atoms with Gasteiger partial charge in [-0.05, 0) is 52.3 Å². The summed E-state index contributed by atoms with van der Waals surface area (Å²) in [7, 11) is 1.31. The van der Waals surface area contributed by atoms with Crippen LogP contribution >= 0.6 is 31.9 Å². The zero-order chi connectivity index (χ0) is 19.4. The highest BCUT2D eigenvalue weighted by Gasteiger charge is 2.14. The molecular weight excluding hydrogens is 480 g/mol. The summed E-state index contributed by atoms with van der Waals surface area (Å²) in [6, 6.07) is 12.0. The van der Waals surface area contributed by atoms with Crippen molar-refractivity contribution >= 4 is 60.3 Å². The Morgan fingerprint density at radius 2 is 1.85 bits per heavy atom. The molecule has 0 bridgehead atoms. The first-order valence-corrected chi connectivity index (χ1v) is 9.42. The lowest BCUT2D eigenvalue weighted by Crippen LogP contribution is -2.20. The first-order valence-electron chi connectivity index (χ1n) is 7.83. The third kappa shape index (κ3) is 4.45. The van der Waals surface area contributed by atoms with Gasteiger partial charge in [0.1, 0.15) is 5.52 Å². The summed E-state index contributed by atoms with van der Waals surface area (Å²) in [5, 5.41) is 3.60. The quantitative estimate of drug-likeness (QED) is 0.527. The van der Waals surface area contributed by atoms with Gasteiger partial charge in [0, 0.05) is 21.7 Å². The van der Waals surface area contributed by atoms with Gasteiger partial charge >= 0.3 is 5.97 Å². The lowest BCUT2D eigenvalue weighted by Gasteiger charge is -2.12. The molecule has 0 saturated carbocycles. The number of hydrogen-bond donors (Lipinski definition) is 1. The van der Waals surface area contributed by atoms with Gasteiger partial charge in [-0.2, -0.15) is 0 Å². The van der Waals surface area contributed by atoms with Crippen molar-refractivity contribution in [2.24, 2.45) is 0 Å². The summed E-state index contributed by atoms with van der Waals surface area (Å²) in [4.78, 5) is 28.0. The molecule has 6 nitrogen and oxygen atoms in total. The Labute approximate surface area is 172 Å². The molecule has 1 heterocycles. The highest BCUT2D eigenvalue weighted by atomic mass is 79.9. The van der Waals surface area contributed by atoms with E-state index >= 15 is 0 Å². The monoisotopic (exact) mass is 492 g/mol. The fourth-order valence-electron chi connectivity index (χ4n) is 2.43. The maximum Gasteiger partial charge on any atom is 0.337 e. The molecule has 0 aliphatic rings. The number of esters is 1. The lowest BCUT2D eigenvalue weighted by atomic mass is 10.2. The summed E-state index contributed by atoms with van der Waals surface area (Å²) in [5.41, 5.74) is 1.60. The molecule has 0 saturated heterocycles. The van der Waals surface area contributed by atoms with Crippen molar-refractivity contribution in [3.05, 3.63) is 63.2 Å². The van der Waals surface area contributed by atoms with Crippen molar-refractivity contribution in [1.29, 1.82) is 0 Å². The molecule has 0 spiro atoms. The first kappa shape index (κ1) is 19.3. The zero-order valence-electron chi connectivity index (χ0n) is 14.2. The van der Waals surface area contributed by atoms with Gasteiger partial charge in [0.2, 0.25) is 0 Å². The van der Waals surface area contributed by atoms with Gasteiger partial charge in [-0.3, -0.25) is 9.78 Å². The SMILES string of the molecule is COC(=O)c1ccc(NC(=O)COc2c(Br)cc(Br)c3cccnc23)cc1. The Morgan fingerprint density at radius 3 is 2.56 bits per heavy atom. The van der Waals surface area contributed by atoms with Crippen LogP contribution in [0, 0.1) is 0 Å². The Morgan fingerprint density at radius 1 is 1.11 bits per heavy atom. The number of nitrogens with one attached hydrogen (secondary N) is 1. The van der Waals surface area contributed by atoms with Gasteiger partial charge in [-0.1, -0.05) is 22.0 Å². The summed E-state index contributed by atoms with van der Waals surface area (Å²) in [5.74, 6) is -0.277. The number of fused-ring (bicyclic) bond motifs is 1. The third-order valence-electron chi connectivity index (χ3n) is 3.69. The van der Waals surface area contributed by atoms with Gasteiger partial charge in [0.15, 0.2) is 12.4 Å². The number of methoxy groups -OCH3 is 1. The highest BCUT2D eigenvalue weighted by Crippen LogP contribution is 2.37. The number of amides is 1. The number of benzene rings is 2. The summed E-state index contributed by atoms with van der Waals surface area (Å²) < 4.78 is 11.9. The van der Waals surface area contributed by atoms with Crippen LogP contribution in [0.3, 0.4) is 0 Å². The molecule has 138 valence electrons. The fraction of sp³-hybridized carbons (Fsp3) is 0.105. The number of hydrogen-bond acceptors (Lipinski definition) is 5. The number of carbonyl (C=O) groups excluding carboxylic acids is 2. The molecule has 0 fully saturated rings. The van der Waals surface area contributed by atoms with E-state index in [-0.39, 0.29) is 12.5 Å². The molecule has 2 aromatic carbocycles. The number of aromatic nitrogens is 1. The van der Waals surface area contributed by atoms with Crippen molar-refractivity contribution in [2.75, 3.05) is 19.0 Å². The summed E-state index contributed by atoms with van der Waals surface area (Å²) in [6.45, 7) is -0.190. The van der Waals surface area contributed by atoms with Gasteiger partial charge < -0.3 is 14.8 Å². The van der Waals surface area contributed by atoms with E-state index in [0.29, 0.717) is 27.0 Å². The number of rotatable bonds is 5. The molecule has 0 unspecified atom stereocenters. The standard InChI is InChI=1S/C19H14Br2N2O4/c1-26-19(25)11-4-6-12(7-5-11)23-16(24)10-27-18-15(21)9-14(20)13-3-2-8-22-17(13)18/h2-9H,10H2,1H3,(H,23,24). The number of nitrogens with zero attached hydrogens (tertiary/aromatic N) is 1. The fourth-order valence-corrected chi connectivity index (χ4v) is 3.81. The van der Waals surface area contributed by atoms with E-state index < -0.39 is 5.97 Å². The molecule has 3 aromatic rings. The Bertz CT molecular complexity index is 1010. The normalized spacial score (nSPS) is 10.5. The predicted molar refractivity (Wildman–Crippen MR) is 109 cm³/mol. The zero-order valence-corrected chi connectivity index (χ0v) is 17.3. The molecule has 0 atom stereocenters. The van der Waals surface area contributed by atoms with Crippen LogP contribution in [0.15, 0.2) is 57.6 Å².